The van der Waals surface area contributed by atoms with Crippen molar-refractivity contribution in [2.24, 2.45) is 13.0 Å². The maximum Gasteiger partial charge on any atom is 0.263 e. The Morgan fingerprint density at radius 1 is 1.11 bits per heavy atom. The van der Waals surface area contributed by atoms with E-state index in [1.807, 2.05) is 31.2 Å². The van der Waals surface area contributed by atoms with Crippen molar-refractivity contribution in [3.63, 3.8) is 0 Å². The van der Waals surface area contributed by atoms with E-state index in [9.17, 15) is 14.4 Å². The van der Waals surface area contributed by atoms with Gasteiger partial charge in [-0.2, -0.15) is 0 Å². The summed E-state index contributed by atoms with van der Waals surface area (Å²) in [5.41, 5.74) is 1.73. The SMILES string of the molecule is Cc1ccc(C(=O)NCC2CCN(C(=O)c3cccn(C)c3=O)CC2)cc1. The Morgan fingerprint density at radius 2 is 1.78 bits per heavy atom. The molecular weight excluding hydrogens is 342 g/mol. The third kappa shape index (κ3) is 4.45. The molecule has 3 rings (SSSR count). The Hall–Kier alpha value is -2.89. The molecule has 0 bridgehead atoms. The molecule has 27 heavy (non-hydrogen) atoms. The van der Waals surface area contributed by atoms with Crippen molar-refractivity contribution in [3.8, 4) is 0 Å². The van der Waals surface area contributed by atoms with Crippen LogP contribution >= 0.6 is 0 Å². The normalized spacial score (nSPS) is 14.8. The molecule has 6 nitrogen and oxygen atoms in total. The van der Waals surface area contributed by atoms with Crippen molar-refractivity contribution in [2.45, 2.75) is 19.8 Å². The minimum atomic E-state index is -0.269. The second-order valence-corrected chi connectivity index (χ2v) is 7.15. The number of nitrogens with one attached hydrogen (secondary N) is 1. The lowest BCUT2D eigenvalue weighted by molar-refractivity contribution is 0.0682. The Labute approximate surface area is 158 Å². The van der Waals surface area contributed by atoms with Gasteiger partial charge >= 0.3 is 0 Å². The maximum atomic E-state index is 12.6. The van der Waals surface area contributed by atoms with Crippen LogP contribution in [0.3, 0.4) is 0 Å². The first kappa shape index (κ1) is 18.9. The van der Waals surface area contributed by atoms with E-state index in [-0.39, 0.29) is 22.9 Å². The lowest BCUT2D eigenvalue weighted by atomic mass is 9.96. The minimum absolute atomic E-state index is 0.0683. The van der Waals surface area contributed by atoms with Crippen molar-refractivity contribution < 1.29 is 9.59 Å². The van der Waals surface area contributed by atoms with E-state index < -0.39 is 0 Å². The number of carbonyl (C=O) groups is 2. The highest BCUT2D eigenvalue weighted by Crippen LogP contribution is 2.18. The Balaban J connectivity index is 1.51. The number of hydrogen-bond donors (Lipinski definition) is 1. The fourth-order valence-electron chi connectivity index (χ4n) is 3.31. The lowest BCUT2D eigenvalue weighted by Gasteiger charge is -2.32. The second kappa shape index (κ2) is 8.20. The van der Waals surface area contributed by atoms with Gasteiger partial charge in [0.1, 0.15) is 5.56 Å². The van der Waals surface area contributed by atoms with Crippen LogP contribution in [0.15, 0.2) is 47.4 Å². The lowest BCUT2D eigenvalue weighted by Crippen LogP contribution is -2.43. The number of pyridine rings is 1. The zero-order valence-electron chi connectivity index (χ0n) is 15.8. The number of hydrogen-bond acceptors (Lipinski definition) is 3. The average Bonchev–Trinajstić information content (AvgIpc) is 2.68. The molecule has 2 aromatic rings. The number of nitrogens with zero attached hydrogens (tertiary/aromatic N) is 2. The van der Waals surface area contributed by atoms with E-state index in [0.29, 0.717) is 31.1 Å². The predicted octanol–water partition coefficient (Wildman–Crippen LogP) is 1.98. The van der Waals surface area contributed by atoms with E-state index in [4.69, 9.17) is 0 Å². The van der Waals surface area contributed by atoms with Gasteiger partial charge in [0.05, 0.1) is 0 Å². The van der Waals surface area contributed by atoms with E-state index in [2.05, 4.69) is 5.32 Å². The van der Waals surface area contributed by atoms with E-state index in [1.165, 1.54) is 4.57 Å². The molecule has 1 aliphatic rings. The molecule has 142 valence electrons. The Bertz CT molecular complexity index is 878. The summed E-state index contributed by atoms with van der Waals surface area (Å²) in [6.45, 7) is 3.79. The standard InChI is InChI=1S/C21H25N3O3/c1-15-5-7-17(8-6-15)19(25)22-14-16-9-12-24(13-10-16)21(27)18-4-3-11-23(2)20(18)26/h3-8,11,16H,9-10,12-14H2,1-2H3,(H,22,25). The third-order valence-electron chi connectivity index (χ3n) is 5.12. The summed E-state index contributed by atoms with van der Waals surface area (Å²) in [5, 5.41) is 2.98. The average molecular weight is 367 g/mol. The molecule has 1 aromatic carbocycles. The zero-order valence-corrected chi connectivity index (χ0v) is 15.8. The molecule has 0 spiro atoms. The molecule has 1 aliphatic heterocycles. The predicted molar refractivity (Wildman–Crippen MR) is 104 cm³/mol. The van der Waals surface area contributed by atoms with Crippen LogP contribution in [0.2, 0.25) is 0 Å². The third-order valence-corrected chi connectivity index (χ3v) is 5.12. The van der Waals surface area contributed by atoms with Crippen molar-refractivity contribution in [2.75, 3.05) is 19.6 Å². The quantitative estimate of drug-likeness (QED) is 0.898. The van der Waals surface area contributed by atoms with E-state index in [0.717, 1.165) is 18.4 Å². The molecule has 1 saturated heterocycles. The summed E-state index contributed by atoms with van der Waals surface area (Å²) in [5.74, 6) is 0.0571. The molecule has 0 radical (unpaired) electrons. The number of rotatable bonds is 4. The highest BCUT2D eigenvalue weighted by atomic mass is 16.2. The van der Waals surface area contributed by atoms with Gasteiger partial charge in [-0.25, -0.2) is 0 Å². The van der Waals surface area contributed by atoms with E-state index >= 15 is 0 Å². The summed E-state index contributed by atoms with van der Waals surface area (Å²) >= 11 is 0. The van der Waals surface area contributed by atoms with Crippen molar-refractivity contribution in [1.29, 1.82) is 0 Å². The summed E-state index contributed by atoms with van der Waals surface area (Å²) in [6, 6.07) is 10.8. The number of aromatic nitrogens is 1. The highest BCUT2D eigenvalue weighted by Gasteiger charge is 2.25. The van der Waals surface area contributed by atoms with E-state index in [1.54, 1.807) is 30.3 Å². The van der Waals surface area contributed by atoms with Crippen LogP contribution in [-0.4, -0.2) is 40.9 Å². The number of carbonyl (C=O) groups excluding carboxylic acids is 2. The zero-order chi connectivity index (χ0) is 19.4. The molecule has 1 fully saturated rings. The number of benzene rings is 1. The van der Waals surface area contributed by atoms with Crippen LogP contribution in [0.25, 0.3) is 0 Å². The first-order valence-electron chi connectivity index (χ1n) is 9.25. The smallest absolute Gasteiger partial charge is 0.263 e. The van der Waals surface area contributed by atoms with Crippen LogP contribution in [-0.2, 0) is 7.05 Å². The Morgan fingerprint density at radius 3 is 2.44 bits per heavy atom. The topological polar surface area (TPSA) is 71.4 Å². The van der Waals surface area contributed by atoms with Gasteiger partial charge in [-0.3, -0.25) is 14.4 Å². The van der Waals surface area contributed by atoms with Gasteiger partial charge in [-0.1, -0.05) is 17.7 Å². The molecule has 6 heteroatoms. The molecule has 0 aliphatic carbocycles. The van der Waals surface area contributed by atoms with Gasteiger partial charge in [0, 0.05) is 38.4 Å². The fourth-order valence-corrected chi connectivity index (χ4v) is 3.31. The van der Waals surface area contributed by atoms with Crippen molar-refractivity contribution >= 4 is 11.8 Å². The molecular formula is C21H25N3O3. The molecule has 0 saturated carbocycles. The summed E-state index contributed by atoms with van der Waals surface area (Å²) in [6.07, 6.45) is 3.27. The maximum absolute atomic E-state index is 12.6. The molecule has 1 N–H and O–H groups in total. The first-order valence-corrected chi connectivity index (χ1v) is 9.25. The van der Waals surface area contributed by atoms with Crippen LogP contribution in [0.5, 0.6) is 0 Å². The van der Waals surface area contributed by atoms with Crippen molar-refractivity contribution in [1.82, 2.24) is 14.8 Å². The second-order valence-electron chi connectivity index (χ2n) is 7.15. The molecule has 2 amide bonds. The minimum Gasteiger partial charge on any atom is -0.352 e. The molecule has 2 heterocycles. The van der Waals surface area contributed by atoms with Gasteiger partial charge in [0.2, 0.25) is 0 Å². The molecule has 0 atom stereocenters. The number of likely N-dealkylation sites (tertiary alicyclic amines) is 1. The number of piperidine rings is 1. The van der Waals surface area contributed by atoms with Crippen molar-refractivity contribution in [3.05, 3.63) is 69.6 Å². The first-order chi connectivity index (χ1) is 13.0. The van der Waals surface area contributed by atoms with Crippen LogP contribution in [0, 0.1) is 12.8 Å². The van der Waals surface area contributed by atoms with Gasteiger partial charge in [-0.05, 0) is 49.9 Å². The summed E-state index contributed by atoms with van der Waals surface area (Å²) in [7, 11) is 1.64. The highest BCUT2D eigenvalue weighted by molar-refractivity contribution is 5.94. The number of amides is 2. The van der Waals surface area contributed by atoms with Crippen LogP contribution in [0.1, 0.15) is 39.1 Å². The van der Waals surface area contributed by atoms with Gasteiger partial charge in [0.15, 0.2) is 0 Å². The van der Waals surface area contributed by atoms with Crippen LogP contribution < -0.4 is 10.9 Å². The molecule has 0 unspecified atom stereocenters. The van der Waals surface area contributed by atoms with Gasteiger partial charge in [0.25, 0.3) is 17.4 Å². The molecule has 1 aromatic heterocycles. The summed E-state index contributed by atoms with van der Waals surface area (Å²) < 4.78 is 1.42. The largest absolute Gasteiger partial charge is 0.352 e. The van der Waals surface area contributed by atoms with Crippen LogP contribution in [0.4, 0.5) is 0 Å². The van der Waals surface area contributed by atoms with Gasteiger partial charge in [-0.15, -0.1) is 0 Å². The fraction of sp³-hybridized carbons (Fsp3) is 0.381. The summed E-state index contributed by atoms with van der Waals surface area (Å²) in [4.78, 5) is 38.7. The monoisotopic (exact) mass is 367 g/mol. The Kier molecular flexibility index (Phi) is 5.74. The number of aryl methyl sites for hydroxylation is 2. The van der Waals surface area contributed by atoms with Gasteiger partial charge < -0.3 is 14.8 Å².